The summed E-state index contributed by atoms with van der Waals surface area (Å²) in [5, 5.41) is 2.84. The molecule has 8 heteroatoms. The van der Waals surface area contributed by atoms with Crippen LogP contribution in [-0.2, 0) is 21.4 Å². The molecule has 1 aromatic carbocycles. The minimum absolute atomic E-state index is 0.0763. The second-order valence-corrected chi connectivity index (χ2v) is 9.00. The number of hydrogen-bond donors (Lipinski definition) is 1. The molecule has 0 radical (unpaired) electrons. The highest BCUT2D eigenvalue weighted by Gasteiger charge is 2.26. The summed E-state index contributed by atoms with van der Waals surface area (Å²) in [6.45, 7) is 1.63. The average Bonchev–Trinajstić information content (AvgIpc) is 3.21. The number of rotatable bonds is 7. The molecule has 1 aliphatic rings. The topological polar surface area (TPSA) is 79.4 Å². The van der Waals surface area contributed by atoms with Gasteiger partial charge in [0.25, 0.3) is 0 Å². The number of hydrogen-bond acceptors (Lipinski definition) is 5. The molecule has 3 rings (SSSR count). The smallest absolute Gasteiger partial charge is 0.243 e. The molecule has 1 saturated heterocycles. The number of pyridine rings is 1. The molecule has 138 valence electrons. The Morgan fingerprint density at radius 2 is 1.88 bits per heavy atom. The van der Waals surface area contributed by atoms with Gasteiger partial charge < -0.3 is 5.32 Å². The molecule has 2 aromatic rings. The number of amides is 1. The van der Waals surface area contributed by atoms with Gasteiger partial charge in [0.05, 0.1) is 10.6 Å². The first-order chi connectivity index (χ1) is 12.6. The van der Waals surface area contributed by atoms with Crippen molar-refractivity contribution in [2.75, 3.05) is 18.8 Å². The minimum atomic E-state index is -3.39. The maximum atomic E-state index is 12.5. The number of aromatic nitrogens is 1. The molecule has 1 aliphatic heterocycles. The molecule has 0 atom stereocenters. The zero-order valence-corrected chi connectivity index (χ0v) is 15.9. The molecular formula is C18H21N3O3S2. The van der Waals surface area contributed by atoms with Gasteiger partial charge >= 0.3 is 0 Å². The highest BCUT2D eigenvalue weighted by Crippen LogP contribution is 2.24. The van der Waals surface area contributed by atoms with Gasteiger partial charge in [-0.3, -0.25) is 9.78 Å². The molecule has 6 nitrogen and oxygen atoms in total. The maximum Gasteiger partial charge on any atom is 0.243 e. The van der Waals surface area contributed by atoms with Crippen molar-refractivity contribution in [1.82, 2.24) is 14.6 Å². The minimum Gasteiger partial charge on any atom is -0.351 e. The van der Waals surface area contributed by atoms with Gasteiger partial charge in [0.1, 0.15) is 0 Å². The first-order valence-electron chi connectivity index (χ1n) is 8.44. The summed E-state index contributed by atoms with van der Waals surface area (Å²) in [4.78, 5) is 17.1. The highest BCUT2D eigenvalue weighted by atomic mass is 32.2. The summed E-state index contributed by atoms with van der Waals surface area (Å²) in [6.07, 6.45) is 5.24. The largest absolute Gasteiger partial charge is 0.351 e. The van der Waals surface area contributed by atoms with Gasteiger partial charge in [-0.2, -0.15) is 4.31 Å². The zero-order chi connectivity index (χ0) is 18.4. The summed E-state index contributed by atoms with van der Waals surface area (Å²) in [5.74, 6) is 0.200. The van der Waals surface area contributed by atoms with E-state index in [-0.39, 0.29) is 11.7 Å². The predicted molar refractivity (Wildman–Crippen MR) is 101 cm³/mol. The van der Waals surface area contributed by atoms with E-state index in [1.807, 2.05) is 12.1 Å². The SMILES string of the molecule is O=C(CSc1ccc(S(=O)(=O)N2CCCC2)cc1)NCc1cccnc1. The Labute approximate surface area is 158 Å². The molecule has 2 heterocycles. The first kappa shape index (κ1) is 18.9. The number of nitrogens with zero attached hydrogens (tertiary/aromatic N) is 2. The van der Waals surface area contributed by atoms with E-state index in [0.717, 1.165) is 23.3 Å². The van der Waals surface area contributed by atoms with Crippen molar-refractivity contribution < 1.29 is 13.2 Å². The standard InChI is InChI=1S/C18H21N3O3S2/c22-18(20-13-15-4-3-9-19-12-15)14-25-16-5-7-17(8-6-16)26(23,24)21-10-1-2-11-21/h3-9,12H,1-2,10-11,13-14H2,(H,20,22). The van der Waals surface area contributed by atoms with Crippen molar-refractivity contribution in [3.63, 3.8) is 0 Å². The molecule has 0 aliphatic carbocycles. The van der Waals surface area contributed by atoms with Gasteiger partial charge in [-0.15, -0.1) is 11.8 Å². The van der Waals surface area contributed by atoms with Gasteiger partial charge in [0.2, 0.25) is 15.9 Å². The van der Waals surface area contributed by atoms with Crippen LogP contribution in [0, 0.1) is 0 Å². The van der Waals surface area contributed by atoms with Crippen LogP contribution in [0.15, 0.2) is 58.6 Å². The molecule has 0 unspecified atom stereocenters. The van der Waals surface area contributed by atoms with Gasteiger partial charge in [0, 0.05) is 36.9 Å². The van der Waals surface area contributed by atoms with Gasteiger partial charge in [0.15, 0.2) is 0 Å². The number of carbonyl (C=O) groups excluding carboxylic acids is 1. The number of nitrogens with one attached hydrogen (secondary N) is 1. The summed E-state index contributed by atoms with van der Waals surface area (Å²) in [5.41, 5.74) is 0.947. The number of thioether (sulfide) groups is 1. The van der Waals surface area contributed by atoms with Crippen molar-refractivity contribution in [3.05, 3.63) is 54.4 Å². The molecule has 1 N–H and O–H groups in total. The van der Waals surface area contributed by atoms with Crippen LogP contribution in [0.4, 0.5) is 0 Å². The predicted octanol–water partition coefficient (Wildman–Crippen LogP) is 2.27. The van der Waals surface area contributed by atoms with Crippen molar-refractivity contribution >= 4 is 27.7 Å². The summed E-state index contributed by atoms with van der Waals surface area (Å²) in [7, 11) is -3.39. The van der Waals surface area contributed by atoms with E-state index < -0.39 is 10.0 Å². The molecule has 0 bridgehead atoms. The van der Waals surface area contributed by atoms with E-state index in [1.54, 1.807) is 36.7 Å². The number of carbonyl (C=O) groups is 1. The third-order valence-electron chi connectivity index (χ3n) is 4.11. The van der Waals surface area contributed by atoms with Crippen LogP contribution in [0.3, 0.4) is 0 Å². The molecule has 1 aromatic heterocycles. The lowest BCUT2D eigenvalue weighted by atomic mass is 10.3. The molecule has 0 saturated carbocycles. The van der Waals surface area contributed by atoms with Crippen LogP contribution in [0.2, 0.25) is 0 Å². The summed E-state index contributed by atoms with van der Waals surface area (Å²) >= 11 is 1.38. The Bertz CT molecular complexity index is 834. The summed E-state index contributed by atoms with van der Waals surface area (Å²) in [6, 6.07) is 10.5. The monoisotopic (exact) mass is 391 g/mol. The molecular weight excluding hydrogens is 370 g/mol. The fourth-order valence-electron chi connectivity index (χ4n) is 2.69. The van der Waals surface area contributed by atoms with Crippen molar-refractivity contribution in [2.24, 2.45) is 0 Å². The second-order valence-electron chi connectivity index (χ2n) is 6.01. The Morgan fingerprint density at radius 3 is 2.54 bits per heavy atom. The maximum absolute atomic E-state index is 12.5. The van der Waals surface area contributed by atoms with Crippen molar-refractivity contribution in [3.8, 4) is 0 Å². The van der Waals surface area contributed by atoms with Crippen molar-refractivity contribution in [2.45, 2.75) is 29.2 Å². The number of sulfonamides is 1. The van der Waals surface area contributed by atoms with Crippen molar-refractivity contribution in [1.29, 1.82) is 0 Å². The molecule has 0 spiro atoms. The molecule has 1 amide bonds. The van der Waals surface area contributed by atoms with Gasteiger partial charge in [-0.1, -0.05) is 6.07 Å². The van der Waals surface area contributed by atoms with Crippen LogP contribution >= 0.6 is 11.8 Å². The fourth-order valence-corrected chi connectivity index (χ4v) is 4.93. The van der Waals surface area contributed by atoms with Gasteiger partial charge in [-0.05, 0) is 48.7 Å². The molecule has 26 heavy (non-hydrogen) atoms. The zero-order valence-electron chi connectivity index (χ0n) is 14.3. The van der Waals surface area contributed by atoms with E-state index >= 15 is 0 Å². The Hall–Kier alpha value is -1.90. The Balaban J connectivity index is 1.50. The van der Waals surface area contributed by atoms with Gasteiger partial charge in [-0.25, -0.2) is 8.42 Å². The van der Waals surface area contributed by atoms with E-state index in [4.69, 9.17) is 0 Å². The van der Waals surface area contributed by atoms with Crippen LogP contribution < -0.4 is 5.32 Å². The Morgan fingerprint density at radius 1 is 1.15 bits per heavy atom. The lowest BCUT2D eigenvalue weighted by Crippen LogP contribution is -2.27. The normalized spacial score (nSPS) is 15.1. The van der Waals surface area contributed by atoms with E-state index in [1.165, 1.54) is 16.1 Å². The highest BCUT2D eigenvalue weighted by molar-refractivity contribution is 8.00. The van der Waals surface area contributed by atoms with Crippen LogP contribution in [-0.4, -0.2) is 42.5 Å². The third kappa shape index (κ3) is 4.84. The lowest BCUT2D eigenvalue weighted by Gasteiger charge is -2.15. The lowest BCUT2D eigenvalue weighted by molar-refractivity contribution is -0.118. The second kappa shape index (κ2) is 8.66. The van der Waals surface area contributed by atoms with E-state index in [0.29, 0.717) is 24.5 Å². The first-order valence-corrected chi connectivity index (χ1v) is 10.9. The Kier molecular flexibility index (Phi) is 6.29. The number of benzene rings is 1. The molecule has 1 fully saturated rings. The fraction of sp³-hybridized carbons (Fsp3) is 0.333. The van der Waals surface area contributed by atoms with Crippen LogP contribution in [0.5, 0.6) is 0 Å². The third-order valence-corrected chi connectivity index (χ3v) is 7.03. The van der Waals surface area contributed by atoms with Crippen LogP contribution in [0.25, 0.3) is 0 Å². The quantitative estimate of drug-likeness (QED) is 0.733. The average molecular weight is 392 g/mol. The van der Waals surface area contributed by atoms with E-state index in [2.05, 4.69) is 10.3 Å². The summed E-state index contributed by atoms with van der Waals surface area (Å²) < 4.78 is 26.5. The van der Waals surface area contributed by atoms with Crippen LogP contribution in [0.1, 0.15) is 18.4 Å². The van der Waals surface area contributed by atoms with E-state index in [9.17, 15) is 13.2 Å².